The molecule has 0 atom stereocenters. The minimum Gasteiger partial charge on any atom is -0.399 e. The van der Waals surface area contributed by atoms with Crippen molar-refractivity contribution in [3.05, 3.63) is 36.9 Å². The molecule has 0 heterocycles. The van der Waals surface area contributed by atoms with Crippen LogP contribution in [0.25, 0.3) is 0 Å². The van der Waals surface area contributed by atoms with Crippen LogP contribution in [0.5, 0.6) is 0 Å². The van der Waals surface area contributed by atoms with Gasteiger partial charge in [0, 0.05) is 11.4 Å². The lowest BCUT2D eigenvalue weighted by atomic mass is 10.3. The zero-order chi connectivity index (χ0) is 8.69. The SMILES string of the molecule is C=CC.Nc1cccc(N)c1. The van der Waals surface area contributed by atoms with E-state index < -0.39 is 0 Å². The summed E-state index contributed by atoms with van der Waals surface area (Å²) in [4.78, 5) is 0. The molecule has 0 aliphatic rings. The van der Waals surface area contributed by atoms with E-state index in [9.17, 15) is 0 Å². The van der Waals surface area contributed by atoms with Crippen molar-refractivity contribution in [3.63, 3.8) is 0 Å². The van der Waals surface area contributed by atoms with Crippen LogP contribution in [0, 0.1) is 0 Å². The molecule has 2 nitrogen and oxygen atoms in total. The van der Waals surface area contributed by atoms with E-state index in [0.717, 1.165) is 0 Å². The third-order valence-electron chi connectivity index (χ3n) is 0.911. The second-order valence-corrected chi connectivity index (χ2v) is 2.08. The van der Waals surface area contributed by atoms with Crippen molar-refractivity contribution in [3.8, 4) is 0 Å². The third-order valence-corrected chi connectivity index (χ3v) is 0.911. The maximum absolute atomic E-state index is 5.38. The molecule has 0 spiro atoms. The molecule has 0 unspecified atom stereocenters. The molecule has 0 aliphatic carbocycles. The van der Waals surface area contributed by atoms with Gasteiger partial charge in [-0.05, 0) is 25.1 Å². The summed E-state index contributed by atoms with van der Waals surface area (Å²) < 4.78 is 0. The molecule has 0 fully saturated rings. The topological polar surface area (TPSA) is 52.0 Å². The van der Waals surface area contributed by atoms with Crippen LogP contribution < -0.4 is 11.5 Å². The fourth-order valence-electron chi connectivity index (χ4n) is 0.559. The molecule has 4 N–H and O–H groups in total. The smallest absolute Gasteiger partial charge is 0.0334 e. The van der Waals surface area contributed by atoms with Crippen LogP contribution in [0.4, 0.5) is 11.4 Å². The highest BCUT2D eigenvalue weighted by molar-refractivity contribution is 5.50. The molecule has 1 aromatic rings. The van der Waals surface area contributed by atoms with Gasteiger partial charge >= 0.3 is 0 Å². The maximum atomic E-state index is 5.38. The molecule has 0 bridgehead atoms. The van der Waals surface area contributed by atoms with Crippen molar-refractivity contribution in [1.82, 2.24) is 0 Å². The molecular formula is C9H14N2. The molecular weight excluding hydrogens is 136 g/mol. The molecule has 1 aromatic carbocycles. The van der Waals surface area contributed by atoms with Crippen LogP contribution in [0.3, 0.4) is 0 Å². The van der Waals surface area contributed by atoms with Gasteiger partial charge in [0.15, 0.2) is 0 Å². The van der Waals surface area contributed by atoms with Gasteiger partial charge in [-0.25, -0.2) is 0 Å². The Kier molecular flexibility index (Phi) is 4.65. The molecule has 0 aliphatic heterocycles. The highest BCUT2D eigenvalue weighted by atomic mass is 14.6. The van der Waals surface area contributed by atoms with Gasteiger partial charge in [-0.1, -0.05) is 12.1 Å². The predicted molar refractivity (Wildman–Crippen MR) is 51.1 cm³/mol. The first-order chi connectivity index (χ1) is 5.20. The minimum absolute atomic E-state index is 0.713. The van der Waals surface area contributed by atoms with E-state index in [1.54, 1.807) is 24.3 Å². The molecule has 11 heavy (non-hydrogen) atoms. The maximum Gasteiger partial charge on any atom is 0.0334 e. The van der Waals surface area contributed by atoms with Gasteiger partial charge in [0.05, 0.1) is 0 Å². The number of allylic oxidation sites excluding steroid dienone is 1. The van der Waals surface area contributed by atoms with Gasteiger partial charge in [-0.3, -0.25) is 0 Å². The van der Waals surface area contributed by atoms with Crippen LogP contribution in [0.15, 0.2) is 36.9 Å². The highest BCUT2D eigenvalue weighted by Crippen LogP contribution is 2.06. The first-order valence-corrected chi connectivity index (χ1v) is 3.38. The van der Waals surface area contributed by atoms with Crippen LogP contribution in [-0.4, -0.2) is 0 Å². The Labute approximate surface area is 67.5 Å². The number of rotatable bonds is 0. The van der Waals surface area contributed by atoms with Gasteiger partial charge < -0.3 is 11.5 Å². The Bertz CT molecular complexity index is 201. The van der Waals surface area contributed by atoms with Crippen LogP contribution in [0.2, 0.25) is 0 Å². The Balaban J connectivity index is 0.000000292. The van der Waals surface area contributed by atoms with Crippen molar-refractivity contribution in [2.75, 3.05) is 11.5 Å². The van der Waals surface area contributed by atoms with Gasteiger partial charge in [0.1, 0.15) is 0 Å². The summed E-state index contributed by atoms with van der Waals surface area (Å²) in [6.45, 7) is 5.25. The van der Waals surface area contributed by atoms with Gasteiger partial charge in [0.25, 0.3) is 0 Å². The van der Waals surface area contributed by atoms with Gasteiger partial charge in [-0.2, -0.15) is 0 Å². The van der Waals surface area contributed by atoms with Crippen LogP contribution in [-0.2, 0) is 0 Å². The average Bonchev–Trinajstić information content (AvgIpc) is 1.88. The number of benzene rings is 1. The summed E-state index contributed by atoms with van der Waals surface area (Å²) in [5.41, 5.74) is 12.2. The predicted octanol–water partition coefficient (Wildman–Crippen LogP) is 2.04. The Hall–Kier alpha value is -1.44. The molecule has 0 saturated carbocycles. The largest absolute Gasteiger partial charge is 0.399 e. The lowest BCUT2D eigenvalue weighted by molar-refractivity contribution is 1.67. The van der Waals surface area contributed by atoms with Gasteiger partial charge in [0.2, 0.25) is 0 Å². The van der Waals surface area contributed by atoms with Crippen molar-refractivity contribution in [1.29, 1.82) is 0 Å². The van der Waals surface area contributed by atoms with E-state index in [1.807, 2.05) is 13.0 Å². The molecule has 0 saturated heterocycles. The second-order valence-electron chi connectivity index (χ2n) is 2.08. The number of hydrogen-bond acceptors (Lipinski definition) is 2. The normalized spacial score (nSPS) is 7.73. The van der Waals surface area contributed by atoms with Crippen molar-refractivity contribution < 1.29 is 0 Å². The van der Waals surface area contributed by atoms with Crippen LogP contribution >= 0.6 is 0 Å². The third kappa shape index (κ3) is 5.03. The summed E-state index contributed by atoms with van der Waals surface area (Å²) in [7, 11) is 0. The fraction of sp³-hybridized carbons (Fsp3) is 0.111. The van der Waals surface area contributed by atoms with E-state index in [0.29, 0.717) is 11.4 Å². The summed E-state index contributed by atoms with van der Waals surface area (Å²) >= 11 is 0. The van der Waals surface area contributed by atoms with E-state index in [2.05, 4.69) is 6.58 Å². The first-order valence-electron chi connectivity index (χ1n) is 3.38. The van der Waals surface area contributed by atoms with E-state index in [4.69, 9.17) is 11.5 Å². The van der Waals surface area contributed by atoms with Crippen molar-refractivity contribution in [2.24, 2.45) is 0 Å². The lowest BCUT2D eigenvalue weighted by Crippen LogP contribution is -1.87. The Morgan fingerprint density at radius 3 is 1.82 bits per heavy atom. The highest BCUT2D eigenvalue weighted by Gasteiger charge is 1.81. The minimum atomic E-state index is 0.713. The number of nitrogens with two attached hydrogens (primary N) is 2. The molecule has 0 radical (unpaired) electrons. The standard InChI is InChI=1S/C6H8N2.C3H6/c7-5-2-1-3-6(8)4-5;1-3-2/h1-4H,7-8H2;3H,1H2,2H3. The summed E-state index contributed by atoms with van der Waals surface area (Å²) in [6.07, 6.45) is 1.75. The molecule has 1 rings (SSSR count). The van der Waals surface area contributed by atoms with E-state index in [1.165, 1.54) is 0 Å². The monoisotopic (exact) mass is 150 g/mol. The van der Waals surface area contributed by atoms with Crippen molar-refractivity contribution in [2.45, 2.75) is 6.92 Å². The Morgan fingerprint density at radius 2 is 1.64 bits per heavy atom. The van der Waals surface area contributed by atoms with E-state index >= 15 is 0 Å². The second kappa shape index (κ2) is 5.35. The summed E-state index contributed by atoms with van der Waals surface area (Å²) in [5.74, 6) is 0. The number of anilines is 2. The molecule has 60 valence electrons. The van der Waals surface area contributed by atoms with Crippen molar-refractivity contribution >= 4 is 11.4 Å². The lowest BCUT2D eigenvalue weighted by Gasteiger charge is -1.91. The van der Waals surface area contributed by atoms with E-state index in [-0.39, 0.29) is 0 Å². The summed E-state index contributed by atoms with van der Waals surface area (Å²) in [6, 6.07) is 7.15. The van der Waals surface area contributed by atoms with Crippen LogP contribution in [0.1, 0.15) is 6.92 Å². The number of hydrogen-bond donors (Lipinski definition) is 2. The quantitative estimate of drug-likeness (QED) is 0.439. The average molecular weight is 150 g/mol. The van der Waals surface area contributed by atoms with Gasteiger partial charge in [-0.15, -0.1) is 6.58 Å². The zero-order valence-electron chi connectivity index (χ0n) is 6.75. The summed E-state index contributed by atoms with van der Waals surface area (Å²) in [5, 5.41) is 0. The first kappa shape index (κ1) is 9.56. The molecule has 0 aromatic heterocycles. The molecule has 2 heteroatoms. The zero-order valence-corrected chi connectivity index (χ0v) is 6.75. The Morgan fingerprint density at radius 1 is 1.27 bits per heavy atom. The molecule has 0 amide bonds. The fourth-order valence-corrected chi connectivity index (χ4v) is 0.559. The number of nitrogen functional groups attached to an aromatic ring is 2.